The third kappa shape index (κ3) is 3.21. The Morgan fingerprint density at radius 3 is 2.72 bits per heavy atom. The third-order valence-electron chi connectivity index (χ3n) is 5.59. The number of nitrogens with zero attached hydrogens (tertiary/aromatic N) is 2. The molecule has 2 aromatic rings. The molecule has 2 aliphatic carbocycles. The SMILES string of the molecule is O=C(N/N=C1/CC[C@@H]2CCCC[C@H]2C1)c1n[nH]c(=O)c2ccccc12. The highest BCUT2D eigenvalue weighted by atomic mass is 16.2. The van der Waals surface area contributed by atoms with Crippen LogP contribution in [0.3, 0.4) is 0 Å². The summed E-state index contributed by atoms with van der Waals surface area (Å²) in [5.74, 6) is 1.18. The molecule has 1 heterocycles. The maximum Gasteiger partial charge on any atom is 0.292 e. The first-order chi connectivity index (χ1) is 12.2. The van der Waals surface area contributed by atoms with Crippen molar-refractivity contribution in [2.24, 2.45) is 16.9 Å². The molecule has 0 unspecified atom stereocenters. The minimum atomic E-state index is -0.384. The quantitative estimate of drug-likeness (QED) is 0.825. The van der Waals surface area contributed by atoms with E-state index in [1.165, 1.54) is 32.1 Å². The van der Waals surface area contributed by atoms with Gasteiger partial charge in [-0.25, -0.2) is 10.5 Å². The summed E-state index contributed by atoms with van der Waals surface area (Å²) in [7, 11) is 0. The molecular formula is C19H22N4O2. The molecular weight excluding hydrogens is 316 g/mol. The van der Waals surface area contributed by atoms with Gasteiger partial charge < -0.3 is 0 Å². The molecule has 0 spiro atoms. The standard InChI is InChI=1S/C19H22N4O2/c24-18-16-8-4-3-7-15(16)17(21-22-18)19(25)23-20-14-10-9-12-5-1-2-6-13(12)11-14/h3-4,7-8,12-13H,1-2,5-6,9-11H2,(H,22,24)(H,23,25)/b20-14-/t12-,13-/m0/s1. The summed E-state index contributed by atoms with van der Waals surface area (Å²) in [5, 5.41) is 11.7. The zero-order valence-electron chi connectivity index (χ0n) is 14.1. The Kier molecular flexibility index (Phi) is 4.34. The van der Waals surface area contributed by atoms with Crippen LogP contribution in [0.25, 0.3) is 10.8 Å². The van der Waals surface area contributed by atoms with E-state index in [1.807, 2.05) is 0 Å². The first kappa shape index (κ1) is 16.0. The van der Waals surface area contributed by atoms with Crippen molar-refractivity contribution in [3.8, 4) is 0 Å². The number of carbonyl (C=O) groups excluding carboxylic acids is 1. The van der Waals surface area contributed by atoms with Crippen LogP contribution in [0.15, 0.2) is 34.2 Å². The Morgan fingerprint density at radius 1 is 1.12 bits per heavy atom. The van der Waals surface area contributed by atoms with Crippen LogP contribution >= 0.6 is 0 Å². The largest absolute Gasteiger partial charge is 0.292 e. The van der Waals surface area contributed by atoms with Crippen LogP contribution in [0.1, 0.15) is 55.4 Å². The van der Waals surface area contributed by atoms with Crippen LogP contribution in [0.5, 0.6) is 0 Å². The van der Waals surface area contributed by atoms with E-state index in [4.69, 9.17) is 0 Å². The fourth-order valence-electron chi connectivity index (χ4n) is 4.26. The van der Waals surface area contributed by atoms with E-state index >= 15 is 0 Å². The molecule has 6 heteroatoms. The fourth-order valence-corrected chi connectivity index (χ4v) is 4.26. The van der Waals surface area contributed by atoms with Crippen molar-refractivity contribution in [1.29, 1.82) is 0 Å². The predicted octanol–water partition coefficient (Wildman–Crippen LogP) is 3.00. The average molecular weight is 338 g/mol. The minimum Gasteiger partial charge on any atom is -0.267 e. The van der Waals surface area contributed by atoms with Crippen LogP contribution in [0, 0.1) is 11.8 Å². The van der Waals surface area contributed by atoms with Gasteiger partial charge in [0.05, 0.1) is 5.39 Å². The third-order valence-corrected chi connectivity index (χ3v) is 5.59. The molecule has 2 saturated carbocycles. The van der Waals surface area contributed by atoms with Crippen LogP contribution in [-0.2, 0) is 0 Å². The molecule has 2 N–H and O–H groups in total. The highest BCUT2D eigenvalue weighted by molar-refractivity contribution is 6.05. The number of amides is 1. The normalized spacial score (nSPS) is 24.9. The van der Waals surface area contributed by atoms with E-state index in [-0.39, 0.29) is 17.2 Å². The van der Waals surface area contributed by atoms with Gasteiger partial charge in [0.15, 0.2) is 5.69 Å². The number of aromatic amines is 1. The highest BCUT2D eigenvalue weighted by Crippen LogP contribution is 2.39. The monoisotopic (exact) mass is 338 g/mol. The Balaban J connectivity index is 1.51. The number of nitrogens with one attached hydrogen (secondary N) is 2. The van der Waals surface area contributed by atoms with Gasteiger partial charge in [-0.2, -0.15) is 10.2 Å². The molecule has 2 fully saturated rings. The molecule has 6 nitrogen and oxygen atoms in total. The van der Waals surface area contributed by atoms with Gasteiger partial charge in [0, 0.05) is 11.1 Å². The Hall–Kier alpha value is -2.50. The van der Waals surface area contributed by atoms with E-state index in [1.54, 1.807) is 24.3 Å². The van der Waals surface area contributed by atoms with E-state index in [0.717, 1.165) is 30.4 Å². The van der Waals surface area contributed by atoms with Crippen LogP contribution in [-0.4, -0.2) is 21.8 Å². The molecule has 2 atom stereocenters. The number of hydrogen-bond donors (Lipinski definition) is 2. The number of fused-ring (bicyclic) bond motifs is 2. The minimum absolute atomic E-state index is 0.200. The highest BCUT2D eigenvalue weighted by Gasteiger charge is 2.30. The number of hydrogen-bond acceptors (Lipinski definition) is 4. The molecule has 2 aliphatic rings. The molecule has 130 valence electrons. The lowest BCUT2D eigenvalue weighted by atomic mass is 9.70. The second-order valence-corrected chi connectivity index (χ2v) is 7.11. The lowest BCUT2D eigenvalue weighted by molar-refractivity contribution is 0.0950. The summed E-state index contributed by atoms with van der Waals surface area (Å²) < 4.78 is 0. The van der Waals surface area contributed by atoms with Gasteiger partial charge >= 0.3 is 0 Å². The fraction of sp³-hybridized carbons (Fsp3) is 0.474. The van der Waals surface area contributed by atoms with Crippen molar-refractivity contribution in [2.45, 2.75) is 44.9 Å². The van der Waals surface area contributed by atoms with Crippen molar-refractivity contribution in [1.82, 2.24) is 15.6 Å². The van der Waals surface area contributed by atoms with Crippen LogP contribution in [0.4, 0.5) is 0 Å². The van der Waals surface area contributed by atoms with Crippen molar-refractivity contribution >= 4 is 22.4 Å². The lowest BCUT2D eigenvalue weighted by Gasteiger charge is -2.35. The first-order valence-corrected chi connectivity index (χ1v) is 9.05. The van der Waals surface area contributed by atoms with E-state index in [0.29, 0.717) is 10.8 Å². The second-order valence-electron chi connectivity index (χ2n) is 7.11. The van der Waals surface area contributed by atoms with Crippen molar-refractivity contribution in [3.05, 3.63) is 40.3 Å². The van der Waals surface area contributed by atoms with Gasteiger partial charge in [0.1, 0.15) is 0 Å². The van der Waals surface area contributed by atoms with E-state index < -0.39 is 0 Å². The smallest absolute Gasteiger partial charge is 0.267 e. The summed E-state index contributed by atoms with van der Waals surface area (Å²) in [6.07, 6.45) is 8.43. The summed E-state index contributed by atoms with van der Waals surface area (Å²) in [6.45, 7) is 0. The van der Waals surface area contributed by atoms with Crippen LogP contribution < -0.4 is 11.0 Å². The summed E-state index contributed by atoms with van der Waals surface area (Å²) in [5.41, 5.74) is 3.62. The molecule has 4 rings (SSSR count). The molecule has 0 aliphatic heterocycles. The van der Waals surface area contributed by atoms with Gasteiger partial charge in [-0.15, -0.1) is 0 Å². The Bertz CT molecular complexity index is 886. The number of H-pyrrole nitrogens is 1. The van der Waals surface area contributed by atoms with Crippen molar-refractivity contribution in [2.75, 3.05) is 0 Å². The second kappa shape index (κ2) is 6.78. The predicted molar refractivity (Wildman–Crippen MR) is 96.6 cm³/mol. The number of hydrazone groups is 1. The van der Waals surface area contributed by atoms with E-state index in [9.17, 15) is 9.59 Å². The molecule has 0 radical (unpaired) electrons. The maximum atomic E-state index is 12.5. The number of rotatable bonds is 2. The number of benzene rings is 1. The average Bonchev–Trinajstić information content (AvgIpc) is 2.66. The summed E-state index contributed by atoms with van der Waals surface area (Å²) in [4.78, 5) is 24.3. The lowest BCUT2D eigenvalue weighted by Crippen LogP contribution is -2.30. The maximum absolute atomic E-state index is 12.5. The molecule has 25 heavy (non-hydrogen) atoms. The molecule has 0 saturated heterocycles. The van der Waals surface area contributed by atoms with Gasteiger partial charge in [-0.05, 0) is 43.6 Å². The van der Waals surface area contributed by atoms with Crippen molar-refractivity contribution < 1.29 is 4.79 Å². The van der Waals surface area contributed by atoms with Crippen LogP contribution in [0.2, 0.25) is 0 Å². The Morgan fingerprint density at radius 2 is 1.88 bits per heavy atom. The first-order valence-electron chi connectivity index (χ1n) is 9.05. The molecule has 0 bridgehead atoms. The Labute approximate surface area is 145 Å². The zero-order valence-corrected chi connectivity index (χ0v) is 14.1. The van der Waals surface area contributed by atoms with Crippen molar-refractivity contribution in [3.63, 3.8) is 0 Å². The number of aromatic nitrogens is 2. The van der Waals surface area contributed by atoms with Gasteiger partial charge in [0.2, 0.25) is 0 Å². The zero-order chi connectivity index (χ0) is 17.2. The van der Waals surface area contributed by atoms with E-state index in [2.05, 4.69) is 20.7 Å². The summed E-state index contributed by atoms with van der Waals surface area (Å²) in [6, 6.07) is 6.97. The molecule has 1 aromatic carbocycles. The van der Waals surface area contributed by atoms with Gasteiger partial charge in [-0.1, -0.05) is 37.5 Å². The molecule has 1 aromatic heterocycles. The van der Waals surface area contributed by atoms with Gasteiger partial charge in [-0.3, -0.25) is 9.59 Å². The van der Waals surface area contributed by atoms with Gasteiger partial charge in [0.25, 0.3) is 11.5 Å². The topological polar surface area (TPSA) is 87.2 Å². The molecule has 1 amide bonds. The number of carbonyl (C=O) groups is 1. The summed E-state index contributed by atoms with van der Waals surface area (Å²) >= 11 is 0.